The normalized spacial score (nSPS) is 10.4. The molecule has 0 bridgehead atoms. The van der Waals surface area contributed by atoms with Crippen LogP contribution in [0.3, 0.4) is 0 Å². The minimum absolute atomic E-state index is 0.0494. The molecule has 0 aliphatic rings. The Labute approximate surface area is 164 Å². The summed E-state index contributed by atoms with van der Waals surface area (Å²) in [6.45, 7) is -3.92. The lowest BCUT2D eigenvalue weighted by Gasteiger charge is -2.12. The fourth-order valence-corrected chi connectivity index (χ4v) is 2.13. The van der Waals surface area contributed by atoms with Crippen molar-refractivity contribution in [2.45, 2.75) is 13.2 Å². The molecule has 0 aliphatic heterocycles. The zero-order chi connectivity index (χ0) is 21.2. The van der Waals surface area contributed by atoms with Crippen LogP contribution in [0.2, 0.25) is 0 Å². The highest BCUT2D eigenvalue weighted by molar-refractivity contribution is 5.80. The van der Waals surface area contributed by atoms with Crippen LogP contribution in [0.25, 0.3) is 0 Å². The summed E-state index contributed by atoms with van der Waals surface area (Å²) >= 11 is 0. The number of carbonyl (C=O) groups is 2. The van der Waals surface area contributed by atoms with Gasteiger partial charge in [-0.1, -0.05) is 6.07 Å². The van der Waals surface area contributed by atoms with Crippen molar-refractivity contribution in [2.75, 3.05) is 20.3 Å². The first-order valence-corrected chi connectivity index (χ1v) is 8.30. The predicted octanol–water partition coefficient (Wildman–Crippen LogP) is 2.67. The molecule has 0 aliphatic carbocycles. The summed E-state index contributed by atoms with van der Waals surface area (Å²) in [7, 11) is 1.30. The lowest BCUT2D eigenvalue weighted by Crippen LogP contribution is -2.29. The minimum atomic E-state index is -2.99. The van der Waals surface area contributed by atoms with Crippen molar-refractivity contribution in [1.82, 2.24) is 5.32 Å². The molecule has 0 saturated carbocycles. The number of halogens is 3. The van der Waals surface area contributed by atoms with E-state index in [0.29, 0.717) is 5.56 Å². The van der Waals surface area contributed by atoms with Crippen molar-refractivity contribution in [3.05, 3.63) is 53.8 Å². The molecule has 1 amide bonds. The summed E-state index contributed by atoms with van der Waals surface area (Å²) in [5, 5.41) is 2.50. The van der Waals surface area contributed by atoms with E-state index in [0.717, 1.165) is 0 Å². The van der Waals surface area contributed by atoms with Crippen LogP contribution >= 0.6 is 0 Å². The third-order valence-corrected chi connectivity index (χ3v) is 3.47. The first-order valence-electron chi connectivity index (χ1n) is 8.30. The van der Waals surface area contributed by atoms with E-state index in [1.807, 2.05) is 0 Å². The second-order valence-electron chi connectivity index (χ2n) is 5.54. The number of amides is 1. The summed E-state index contributed by atoms with van der Waals surface area (Å²) in [5.41, 5.74) is 0.558. The molecule has 2 rings (SSSR count). The smallest absolute Gasteiger partial charge is 0.387 e. The second kappa shape index (κ2) is 10.8. The Morgan fingerprint density at radius 1 is 1.03 bits per heavy atom. The Kier molecular flexibility index (Phi) is 8.13. The lowest BCUT2D eigenvalue weighted by molar-refractivity contribution is -0.150. The molecule has 0 aromatic heterocycles. The van der Waals surface area contributed by atoms with Gasteiger partial charge in [-0.15, -0.1) is 0 Å². The molecule has 0 saturated heterocycles. The number of alkyl halides is 2. The Bertz CT molecular complexity index is 829. The van der Waals surface area contributed by atoms with Crippen LogP contribution in [0.15, 0.2) is 42.5 Å². The fraction of sp³-hybridized carbons (Fsp3) is 0.263. The van der Waals surface area contributed by atoms with E-state index in [-0.39, 0.29) is 23.8 Å². The topological polar surface area (TPSA) is 83.1 Å². The number of benzene rings is 2. The quantitative estimate of drug-likeness (QED) is 0.603. The predicted molar refractivity (Wildman–Crippen MR) is 94.3 cm³/mol. The van der Waals surface area contributed by atoms with Gasteiger partial charge in [0.1, 0.15) is 11.6 Å². The Morgan fingerprint density at radius 3 is 2.41 bits per heavy atom. The van der Waals surface area contributed by atoms with Crippen molar-refractivity contribution in [1.29, 1.82) is 0 Å². The molecule has 2 aromatic carbocycles. The number of hydrogen-bond donors (Lipinski definition) is 1. The van der Waals surface area contributed by atoms with Crippen LogP contribution in [0.4, 0.5) is 13.2 Å². The number of rotatable bonds is 10. The highest BCUT2D eigenvalue weighted by Gasteiger charge is 2.12. The van der Waals surface area contributed by atoms with E-state index in [4.69, 9.17) is 14.2 Å². The number of hydrogen-bond acceptors (Lipinski definition) is 6. The average molecular weight is 413 g/mol. The highest BCUT2D eigenvalue weighted by Crippen LogP contribution is 2.29. The second-order valence-corrected chi connectivity index (χ2v) is 5.54. The molecule has 2 aromatic rings. The van der Waals surface area contributed by atoms with E-state index in [2.05, 4.69) is 10.1 Å². The van der Waals surface area contributed by atoms with Crippen LogP contribution in [0.1, 0.15) is 5.56 Å². The van der Waals surface area contributed by atoms with Gasteiger partial charge in [0.05, 0.1) is 7.11 Å². The van der Waals surface area contributed by atoms with Crippen LogP contribution in [0, 0.1) is 5.82 Å². The summed E-state index contributed by atoms with van der Waals surface area (Å²) in [4.78, 5) is 23.4. The van der Waals surface area contributed by atoms with Gasteiger partial charge in [0, 0.05) is 6.54 Å². The van der Waals surface area contributed by atoms with Crippen molar-refractivity contribution < 1.29 is 41.7 Å². The lowest BCUT2D eigenvalue weighted by atomic mass is 10.2. The molecule has 7 nitrogen and oxygen atoms in total. The van der Waals surface area contributed by atoms with E-state index in [9.17, 15) is 22.8 Å². The monoisotopic (exact) mass is 413 g/mol. The van der Waals surface area contributed by atoms with Gasteiger partial charge < -0.3 is 24.3 Å². The third kappa shape index (κ3) is 7.60. The first kappa shape index (κ1) is 21.9. The number of esters is 1. The molecule has 0 heterocycles. The third-order valence-electron chi connectivity index (χ3n) is 3.47. The number of ether oxygens (including phenoxy) is 4. The molecule has 156 valence electrons. The highest BCUT2D eigenvalue weighted by atomic mass is 19.3. The van der Waals surface area contributed by atoms with Crippen molar-refractivity contribution in [2.24, 2.45) is 0 Å². The molecule has 0 radical (unpaired) electrons. The van der Waals surface area contributed by atoms with E-state index in [1.54, 1.807) is 0 Å². The first-order chi connectivity index (χ1) is 13.9. The number of nitrogens with one attached hydrogen (secondary N) is 1. The Morgan fingerprint density at radius 2 is 1.76 bits per heavy atom. The molecular formula is C19H18F3NO6. The Hall–Kier alpha value is -3.43. The summed E-state index contributed by atoms with van der Waals surface area (Å²) in [6.07, 6.45) is 0. The van der Waals surface area contributed by atoms with Gasteiger partial charge in [-0.05, 0) is 42.0 Å². The van der Waals surface area contributed by atoms with E-state index >= 15 is 0 Å². The SMILES string of the molecule is COc1cc(CNC(=O)COC(=O)COc2ccc(F)cc2)ccc1OC(F)F. The standard InChI is InChI=1S/C19H18F3NO6/c1-26-16-8-12(2-7-15(16)29-19(21)22)9-23-17(24)10-28-18(25)11-27-14-5-3-13(20)4-6-14/h2-8,19H,9-11H2,1H3,(H,23,24). The van der Waals surface area contributed by atoms with Crippen molar-refractivity contribution in [3.8, 4) is 17.2 Å². The molecule has 1 N–H and O–H groups in total. The van der Waals surface area contributed by atoms with Crippen molar-refractivity contribution >= 4 is 11.9 Å². The summed E-state index contributed by atoms with van der Waals surface area (Å²) < 4.78 is 56.5. The molecule has 29 heavy (non-hydrogen) atoms. The fourth-order valence-electron chi connectivity index (χ4n) is 2.13. The molecule has 0 unspecified atom stereocenters. The van der Waals surface area contributed by atoms with Gasteiger partial charge >= 0.3 is 12.6 Å². The maximum Gasteiger partial charge on any atom is 0.387 e. The van der Waals surface area contributed by atoms with Gasteiger partial charge in [-0.25, -0.2) is 9.18 Å². The minimum Gasteiger partial charge on any atom is -0.493 e. The molecule has 0 atom stereocenters. The maximum absolute atomic E-state index is 12.8. The molecule has 0 fully saturated rings. The summed E-state index contributed by atoms with van der Waals surface area (Å²) in [6, 6.07) is 9.25. The number of carbonyl (C=O) groups excluding carboxylic acids is 2. The maximum atomic E-state index is 12.8. The molecule has 0 spiro atoms. The average Bonchev–Trinajstić information content (AvgIpc) is 2.70. The van der Waals surface area contributed by atoms with Crippen LogP contribution in [-0.2, 0) is 20.9 Å². The van der Waals surface area contributed by atoms with Crippen LogP contribution in [0.5, 0.6) is 17.2 Å². The van der Waals surface area contributed by atoms with Gasteiger partial charge in [0.25, 0.3) is 5.91 Å². The zero-order valence-electron chi connectivity index (χ0n) is 15.3. The summed E-state index contributed by atoms with van der Waals surface area (Å²) in [5.74, 6) is -1.56. The van der Waals surface area contributed by atoms with Crippen LogP contribution < -0.4 is 19.5 Å². The van der Waals surface area contributed by atoms with Gasteiger partial charge in [0.2, 0.25) is 0 Å². The molecular weight excluding hydrogens is 395 g/mol. The Balaban J connectivity index is 1.73. The largest absolute Gasteiger partial charge is 0.493 e. The van der Waals surface area contributed by atoms with Gasteiger partial charge in [0.15, 0.2) is 24.7 Å². The van der Waals surface area contributed by atoms with Gasteiger partial charge in [-0.3, -0.25) is 4.79 Å². The van der Waals surface area contributed by atoms with Gasteiger partial charge in [-0.2, -0.15) is 8.78 Å². The molecule has 10 heteroatoms. The van der Waals surface area contributed by atoms with E-state index < -0.39 is 37.5 Å². The van der Waals surface area contributed by atoms with Crippen molar-refractivity contribution in [3.63, 3.8) is 0 Å². The number of methoxy groups -OCH3 is 1. The van der Waals surface area contributed by atoms with E-state index in [1.165, 1.54) is 49.6 Å². The van der Waals surface area contributed by atoms with Crippen LogP contribution in [-0.4, -0.2) is 38.8 Å². The zero-order valence-corrected chi connectivity index (χ0v) is 15.3.